The number of hydrogen-bond donors (Lipinski definition) is 0. The maximum atomic E-state index is 13.7. The van der Waals surface area contributed by atoms with Crippen LogP contribution in [0, 0.1) is 12.7 Å². The van der Waals surface area contributed by atoms with E-state index in [1.54, 1.807) is 19.1 Å². The van der Waals surface area contributed by atoms with Gasteiger partial charge in [-0.15, -0.1) is 0 Å². The number of ether oxygens (including phenoxy) is 2. The van der Waals surface area contributed by atoms with Crippen molar-refractivity contribution >= 4 is 21.9 Å². The van der Waals surface area contributed by atoms with Crippen molar-refractivity contribution in [2.45, 2.75) is 33.1 Å². The number of rotatable bonds is 5. The summed E-state index contributed by atoms with van der Waals surface area (Å²) in [6.45, 7) is 2.50. The predicted molar refractivity (Wildman–Crippen MR) is 90.5 cm³/mol. The molecule has 0 unspecified atom stereocenters. The first-order valence-corrected chi connectivity index (χ1v) is 8.41. The summed E-state index contributed by atoms with van der Waals surface area (Å²) in [7, 11) is 0. The van der Waals surface area contributed by atoms with Gasteiger partial charge in [0.15, 0.2) is 0 Å². The second-order valence-corrected chi connectivity index (χ2v) is 6.28. The lowest BCUT2D eigenvalue weighted by Crippen LogP contribution is -2.12. The van der Waals surface area contributed by atoms with E-state index in [-0.39, 0.29) is 24.3 Å². The molecule has 0 amide bonds. The fourth-order valence-electron chi connectivity index (χ4n) is 2.12. The van der Waals surface area contributed by atoms with Crippen LogP contribution in [-0.2, 0) is 17.6 Å². The second kappa shape index (κ2) is 8.07. The third-order valence-electron chi connectivity index (χ3n) is 3.53. The summed E-state index contributed by atoms with van der Waals surface area (Å²) < 4.78 is 64.2. The molecule has 2 aromatic carbocycles. The van der Waals surface area contributed by atoms with Crippen LogP contribution in [0.5, 0.6) is 11.5 Å². The van der Waals surface area contributed by atoms with E-state index >= 15 is 0 Å². The Morgan fingerprint density at radius 2 is 1.88 bits per heavy atom. The summed E-state index contributed by atoms with van der Waals surface area (Å²) in [5.41, 5.74) is -0.873. The van der Waals surface area contributed by atoms with Gasteiger partial charge in [0, 0.05) is 22.5 Å². The lowest BCUT2D eigenvalue weighted by atomic mass is 10.1. The van der Waals surface area contributed by atoms with Crippen molar-refractivity contribution in [3.63, 3.8) is 0 Å². The molecule has 2 rings (SSSR count). The SMILES string of the molecule is CCC(=O)Oc1cccc(Br)c1COc1cc(F)c(C)cc1C(F)(F)F. The molecule has 3 nitrogen and oxygen atoms in total. The molecule has 0 radical (unpaired) electrons. The van der Waals surface area contributed by atoms with Gasteiger partial charge in [-0.3, -0.25) is 4.79 Å². The maximum absolute atomic E-state index is 13.7. The minimum absolute atomic E-state index is 0.133. The molecule has 140 valence electrons. The molecule has 8 heteroatoms. The van der Waals surface area contributed by atoms with Crippen LogP contribution in [0.4, 0.5) is 17.6 Å². The highest BCUT2D eigenvalue weighted by Gasteiger charge is 2.35. The van der Waals surface area contributed by atoms with Crippen molar-refractivity contribution in [1.29, 1.82) is 0 Å². The zero-order valence-corrected chi connectivity index (χ0v) is 15.5. The molecular weight excluding hydrogens is 420 g/mol. The number of carbonyl (C=O) groups excluding carboxylic acids is 1. The molecule has 2 aromatic rings. The molecule has 0 aliphatic carbocycles. The van der Waals surface area contributed by atoms with E-state index in [9.17, 15) is 22.4 Å². The van der Waals surface area contributed by atoms with E-state index in [1.165, 1.54) is 13.0 Å². The summed E-state index contributed by atoms with van der Waals surface area (Å²) in [4.78, 5) is 11.5. The topological polar surface area (TPSA) is 35.5 Å². The smallest absolute Gasteiger partial charge is 0.419 e. The predicted octanol–water partition coefficient (Wildman–Crippen LogP) is 5.81. The Balaban J connectivity index is 2.35. The number of aryl methyl sites for hydroxylation is 1. The van der Waals surface area contributed by atoms with Crippen molar-refractivity contribution in [2.75, 3.05) is 0 Å². The molecule has 0 fully saturated rings. The number of hydrogen-bond acceptors (Lipinski definition) is 3. The molecule has 26 heavy (non-hydrogen) atoms. The highest BCUT2D eigenvalue weighted by atomic mass is 79.9. The zero-order valence-electron chi connectivity index (χ0n) is 13.9. The molecular formula is C18H15BrF4O3. The molecule has 0 aliphatic heterocycles. The monoisotopic (exact) mass is 434 g/mol. The fraction of sp³-hybridized carbons (Fsp3) is 0.278. The molecule has 0 heterocycles. The Morgan fingerprint density at radius 1 is 1.19 bits per heavy atom. The van der Waals surface area contributed by atoms with Crippen LogP contribution >= 0.6 is 15.9 Å². The van der Waals surface area contributed by atoms with Crippen LogP contribution in [0.3, 0.4) is 0 Å². The van der Waals surface area contributed by atoms with Gasteiger partial charge in [0.05, 0.1) is 5.56 Å². The van der Waals surface area contributed by atoms with Crippen LogP contribution in [0.1, 0.15) is 30.0 Å². The first kappa shape index (κ1) is 20.2. The van der Waals surface area contributed by atoms with E-state index in [1.807, 2.05) is 0 Å². The largest absolute Gasteiger partial charge is 0.488 e. The normalized spacial score (nSPS) is 11.3. The van der Waals surface area contributed by atoms with Gasteiger partial charge in [0.1, 0.15) is 23.9 Å². The Kier molecular flexibility index (Phi) is 6.28. The van der Waals surface area contributed by atoms with Gasteiger partial charge in [-0.1, -0.05) is 28.9 Å². The molecule has 0 atom stereocenters. The minimum atomic E-state index is -4.70. The highest BCUT2D eigenvalue weighted by Crippen LogP contribution is 2.38. The Bertz CT molecular complexity index is 819. The molecule has 0 saturated carbocycles. The van der Waals surface area contributed by atoms with Crippen LogP contribution in [0.25, 0.3) is 0 Å². The molecule has 0 aliphatic rings. The van der Waals surface area contributed by atoms with Crippen LogP contribution in [0.2, 0.25) is 0 Å². The first-order valence-electron chi connectivity index (χ1n) is 7.61. The maximum Gasteiger partial charge on any atom is 0.419 e. The first-order chi connectivity index (χ1) is 12.1. The zero-order chi connectivity index (χ0) is 19.5. The number of carbonyl (C=O) groups is 1. The van der Waals surface area contributed by atoms with E-state index in [4.69, 9.17) is 9.47 Å². The number of halogens is 5. The van der Waals surface area contributed by atoms with Gasteiger partial charge < -0.3 is 9.47 Å². The van der Waals surface area contributed by atoms with Gasteiger partial charge in [-0.05, 0) is 30.7 Å². The summed E-state index contributed by atoms with van der Waals surface area (Å²) in [5.74, 6) is -1.78. The molecule has 0 aromatic heterocycles. The van der Waals surface area contributed by atoms with E-state index in [0.717, 1.165) is 0 Å². The van der Waals surface area contributed by atoms with Gasteiger partial charge in [0.2, 0.25) is 0 Å². The Morgan fingerprint density at radius 3 is 2.50 bits per heavy atom. The third kappa shape index (κ3) is 4.75. The van der Waals surface area contributed by atoms with Crippen molar-refractivity contribution in [3.8, 4) is 11.5 Å². The van der Waals surface area contributed by atoms with Gasteiger partial charge in [0.25, 0.3) is 0 Å². The number of esters is 1. The van der Waals surface area contributed by atoms with Crippen molar-refractivity contribution in [2.24, 2.45) is 0 Å². The summed E-state index contributed by atoms with van der Waals surface area (Å²) >= 11 is 3.25. The lowest BCUT2D eigenvalue weighted by Gasteiger charge is -2.17. The Hall–Kier alpha value is -2.09. The molecule has 0 bridgehead atoms. The second-order valence-electron chi connectivity index (χ2n) is 5.43. The highest BCUT2D eigenvalue weighted by molar-refractivity contribution is 9.10. The third-order valence-corrected chi connectivity index (χ3v) is 4.27. The fourth-order valence-corrected chi connectivity index (χ4v) is 2.59. The summed E-state index contributed by atoms with van der Waals surface area (Å²) in [5, 5.41) is 0. The quantitative estimate of drug-likeness (QED) is 0.338. The van der Waals surface area contributed by atoms with Gasteiger partial charge in [-0.25, -0.2) is 4.39 Å². The summed E-state index contributed by atoms with van der Waals surface area (Å²) in [6.07, 6.45) is -4.56. The minimum Gasteiger partial charge on any atom is -0.488 e. The molecule has 0 saturated heterocycles. The summed E-state index contributed by atoms with van der Waals surface area (Å²) in [6, 6.07) is 6.13. The van der Waals surface area contributed by atoms with Crippen molar-refractivity contribution < 1.29 is 31.8 Å². The van der Waals surface area contributed by atoms with E-state index < -0.39 is 29.3 Å². The van der Waals surface area contributed by atoms with Crippen LogP contribution < -0.4 is 9.47 Å². The average Bonchev–Trinajstić information content (AvgIpc) is 2.56. The molecule has 0 spiro atoms. The molecule has 0 N–H and O–H groups in total. The standard InChI is InChI=1S/C18H15BrF4O3/c1-3-17(24)26-15-6-4-5-13(19)11(15)9-25-16-8-14(20)10(2)7-12(16)18(21,22)23/h4-8H,3,9H2,1-2H3. The van der Waals surface area contributed by atoms with E-state index in [0.29, 0.717) is 22.2 Å². The van der Waals surface area contributed by atoms with Crippen molar-refractivity contribution in [3.05, 3.63) is 57.3 Å². The van der Waals surface area contributed by atoms with Crippen LogP contribution in [0.15, 0.2) is 34.8 Å². The van der Waals surface area contributed by atoms with Gasteiger partial charge >= 0.3 is 12.1 Å². The lowest BCUT2D eigenvalue weighted by molar-refractivity contribution is -0.139. The van der Waals surface area contributed by atoms with E-state index in [2.05, 4.69) is 15.9 Å². The van der Waals surface area contributed by atoms with Gasteiger partial charge in [-0.2, -0.15) is 13.2 Å². The Labute approximate surface area is 156 Å². The van der Waals surface area contributed by atoms with Crippen LogP contribution in [-0.4, -0.2) is 5.97 Å². The number of alkyl halides is 3. The number of benzene rings is 2. The average molecular weight is 435 g/mol. The van der Waals surface area contributed by atoms with Crippen molar-refractivity contribution in [1.82, 2.24) is 0 Å².